The maximum Gasteiger partial charge on any atom is 0.260 e. The molecule has 1 aliphatic heterocycles. The number of nitrogens with zero attached hydrogens (tertiary/aromatic N) is 1. The number of rotatable bonds is 3. The van der Waals surface area contributed by atoms with Gasteiger partial charge in [0.05, 0.1) is 10.3 Å². The average molecular weight is 251 g/mol. The van der Waals surface area contributed by atoms with Crippen molar-refractivity contribution in [3.8, 4) is 0 Å². The molecule has 3 aliphatic rings. The summed E-state index contributed by atoms with van der Waals surface area (Å²) in [6.45, 7) is 4.23. The standard InChI is InChI=1S/C14H21NOS/c1-8(2)13-14(16)15-12(17-13)7-11-6-9-3-4-10(11)5-9/h8-11,13H,3-7H2,1-2H3/t9-,10+,11-,13?/m1/s1. The second-order valence-corrected chi connectivity index (χ2v) is 7.48. The number of hydrogen-bond acceptors (Lipinski definition) is 2. The van der Waals surface area contributed by atoms with E-state index in [-0.39, 0.29) is 11.2 Å². The van der Waals surface area contributed by atoms with Gasteiger partial charge < -0.3 is 0 Å². The van der Waals surface area contributed by atoms with Crippen LogP contribution in [0.25, 0.3) is 0 Å². The number of fused-ring (bicyclic) bond motifs is 2. The lowest BCUT2D eigenvalue weighted by atomic mass is 9.87. The first-order valence-electron chi connectivity index (χ1n) is 6.91. The van der Waals surface area contributed by atoms with Crippen molar-refractivity contribution in [1.29, 1.82) is 0 Å². The minimum atomic E-state index is 0.101. The molecule has 0 aromatic rings. The van der Waals surface area contributed by atoms with Crippen LogP contribution in [-0.2, 0) is 4.79 Å². The Hall–Kier alpha value is -0.310. The molecule has 2 saturated carbocycles. The van der Waals surface area contributed by atoms with Crippen molar-refractivity contribution in [2.45, 2.75) is 51.2 Å². The van der Waals surface area contributed by atoms with Crippen LogP contribution in [0.4, 0.5) is 0 Å². The van der Waals surface area contributed by atoms with Crippen LogP contribution in [0.15, 0.2) is 4.99 Å². The summed E-state index contributed by atoms with van der Waals surface area (Å²) in [7, 11) is 0. The van der Waals surface area contributed by atoms with Gasteiger partial charge >= 0.3 is 0 Å². The highest BCUT2D eigenvalue weighted by molar-refractivity contribution is 8.15. The Morgan fingerprint density at radius 3 is 2.71 bits per heavy atom. The molecule has 3 heteroatoms. The Bertz CT molecular complexity index is 363. The van der Waals surface area contributed by atoms with Crippen molar-refractivity contribution in [3.05, 3.63) is 0 Å². The minimum absolute atomic E-state index is 0.101. The normalized spacial score (nSPS) is 40.4. The van der Waals surface area contributed by atoms with Gasteiger partial charge in [0, 0.05) is 0 Å². The fourth-order valence-corrected chi connectivity index (χ4v) is 4.95. The first-order chi connectivity index (χ1) is 8.13. The van der Waals surface area contributed by atoms with E-state index in [0.29, 0.717) is 5.92 Å². The summed E-state index contributed by atoms with van der Waals surface area (Å²) in [5.74, 6) is 3.29. The van der Waals surface area contributed by atoms with Crippen LogP contribution in [0.5, 0.6) is 0 Å². The molecular formula is C14H21NOS. The Labute approximate surface area is 108 Å². The molecule has 1 unspecified atom stereocenters. The third kappa shape index (κ3) is 2.18. The molecule has 17 heavy (non-hydrogen) atoms. The van der Waals surface area contributed by atoms with Crippen molar-refractivity contribution in [3.63, 3.8) is 0 Å². The molecule has 2 fully saturated rings. The smallest absolute Gasteiger partial charge is 0.260 e. The van der Waals surface area contributed by atoms with Gasteiger partial charge in [-0.3, -0.25) is 4.79 Å². The molecule has 3 rings (SSSR count). The van der Waals surface area contributed by atoms with E-state index < -0.39 is 0 Å². The quantitative estimate of drug-likeness (QED) is 0.768. The molecule has 2 bridgehead atoms. The van der Waals surface area contributed by atoms with E-state index in [1.807, 2.05) is 0 Å². The summed E-state index contributed by atoms with van der Waals surface area (Å²) >= 11 is 1.74. The number of thioether (sulfide) groups is 1. The van der Waals surface area contributed by atoms with E-state index in [1.54, 1.807) is 11.8 Å². The molecule has 0 radical (unpaired) electrons. The molecule has 94 valence electrons. The molecule has 2 nitrogen and oxygen atoms in total. The lowest BCUT2D eigenvalue weighted by Gasteiger charge is -2.21. The van der Waals surface area contributed by atoms with Crippen LogP contribution >= 0.6 is 11.8 Å². The lowest BCUT2D eigenvalue weighted by molar-refractivity contribution is -0.117. The maximum atomic E-state index is 11.8. The van der Waals surface area contributed by atoms with Gasteiger partial charge in [0.2, 0.25) is 0 Å². The summed E-state index contributed by atoms with van der Waals surface area (Å²) in [6, 6.07) is 0. The van der Waals surface area contributed by atoms with E-state index in [4.69, 9.17) is 0 Å². The Balaban J connectivity index is 1.60. The van der Waals surface area contributed by atoms with Crippen LogP contribution in [-0.4, -0.2) is 16.2 Å². The summed E-state index contributed by atoms with van der Waals surface area (Å²) < 4.78 is 0. The van der Waals surface area contributed by atoms with Crippen LogP contribution in [0.2, 0.25) is 0 Å². The number of carbonyl (C=O) groups is 1. The molecule has 0 aromatic carbocycles. The highest BCUT2D eigenvalue weighted by Crippen LogP contribution is 2.50. The summed E-state index contributed by atoms with van der Waals surface area (Å²) in [6.07, 6.45) is 6.80. The fourth-order valence-electron chi connectivity index (χ4n) is 3.78. The zero-order valence-electron chi connectivity index (χ0n) is 10.7. The zero-order valence-corrected chi connectivity index (χ0v) is 11.5. The van der Waals surface area contributed by atoms with E-state index in [9.17, 15) is 4.79 Å². The molecule has 1 heterocycles. The van der Waals surface area contributed by atoms with E-state index in [1.165, 1.54) is 25.7 Å². The predicted octanol–water partition coefficient (Wildman–Crippen LogP) is 3.51. The third-order valence-electron chi connectivity index (χ3n) is 4.67. The Kier molecular flexibility index (Phi) is 3.06. The van der Waals surface area contributed by atoms with Crippen molar-refractivity contribution in [2.24, 2.45) is 28.7 Å². The number of amides is 1. The molecule has 0 N–H and O–H groups in total. The lowest BCUT2D eigenvalue weighted by Crippen LogP contribution is -2.17. The van der Waals surface area contributed by atoms with Gasteiger partial charge in [-0.2, -0.15) is 0 Å². The van der Waals surface area contributed by atoms with Gasteiger partial charge in [0.25, 0.3) is 5.91 Å². The molecule has 0 spiro atoms. The second kappa shape index (κ2) is 4.42. The fraction of sp³-hybridized carbons (Fsp3) is 0.857. The maximum absolute atomic E-state index is 11.8. The van der Waals surface area contributed by atoms with Gasteiger partial charge in [0.15, 0.2) is 0 Å². The molecule has 0 saturated heterocycles. The average Bonchev–Trinajstić information content (AvgIpc) is 2.93. The van der Waals surface area contributed by atoms with Crippen LogP contribution in [0.1, 0.15) is 46.0 Å². The SMILES string of the molecule is CC(C)C1SC(C[C@H]2C[C@@H]3CC[C@H]2C3)=NC1=O. The summed E-state index contributed by atoms with van der Waals surface area (Å²) in [4.78, 5) is 16.0. The molecular weight excluding hydrogens is 230 g/mol. The monoisotopic (exact) mass is 251 g/mol. The zero-order chi connectivity index (χ0) is 12.0. The highest BCUT2D eigenvalue weighted by atomic mass is 32.2. The molecule has 0 aromatic heterocycles. The van der Waals surface area contributed by atoms with Crippen LogP contribution in [0.3, 0.4) is 0 Å². The number of hydrogen-bond donors (Lipinski definition) is 0. The van der Waals surface area contributed by atoms with Gasteiger partial charge in [-0.15, -0.1) is 0 Å². The summed E-state index contributed by atoms with van der Waals surface area (Å²) in [5, 5.41) is 1.23. The largest absolute Gasteiger partial charge is 0.271 e. The van der Waals surface area contributed by atoms with Gasteiger partial charge in [-0.25, -0.2) is 4.99 Å². The topological polar surface area (TPSA) is 29.4 Å². The molecule has 2 aliphatic carbocycles. The third-order valence-corrected chi connectivity index (χ3v) is 6.20. The van der Waals surface area contributed by atoms with Crippen molar-refractivity contribution in [1.82, 2.24) is 0 Å². The van der Waals surface area contributed by atoms with Crippen molar-refractivity contribution >= 4 is 22.7 Å². The van der Waals surface area contributed by atoms with Crippen molar-refractivity contribution < 1.29 is 4.79 Å². The Morgan fingerprint density at radius 1 is 1.35 bits per heavy atom. The second-order valence-electron chi connectivity index (χ2n) is 6.27. The van der Waals surface area contributed by atoms with Gasteiger partial charge in [-0.1, -0.05) is 32.0 Å². The first kappa shape index (κ1) is 11.8. The Morgan fingerprint density at radius 2 is 2.18 bits per heavy atom. The number of carbonyl (C=O) groups excluding carboxylic acids is 1. The van der Waals surface area contributed by atoms with Crippen molar-refractivity contribution in [2.75, 3.05) is 0 Å². The number of aliphatic imine (C=N–C) groups is 1. The minimum Gasteiger partial charge on any atom is -0.271 e. The van der Waals surface area contributed by atoms with E-state index >= 15 is 0 Å². The molecule has 4 atom stereocenters. The van der Waals surface area contributed by atoms with E-state index in [0.717, 1.165) is 29.2 Å². The van der Waals surface area contributed by atoms with Crippen LogP contribution in [0, 0.1) is 23.7 Å². The predicted molar refractivity (Wildman–Crippen MR) is 72.2 cm³/mol. The first-order valence-corrected chi connectivity index (χ1v) is 7.79. The molecule has 1 amide bonds. The highest BCUT2D eigenvalue weighted by Gasteiger charge is 2.41. The van der Waals surface area contributed by atoms with Crippen LogP contribution < -0.4 is 0 Å². The van der Waals surface area contributed by atoms with Gasteiger partial charge in [0.1, 0.15) is 0 Å². The van der Waals surface area contributed by atoms with Gasteiger partial charge in [-0.05, 0) is 49.4 Å². The summed E-state index contributed by atoms with van der Waals surface area (Å²) in [5.41, 5.74) is 0. The van der Waals surface area contributed by atoms with E-state index in [2.05, 4.69) is 18.8 Å².